The topological polar surface area (TPSA) is 51.4 Å². The number of nitrogen functional groups attached to an aromatic ring is 1. The lowest BCUT2D eigenvalue weighted by Crippen LogP contribution is -2.19. The van der Waals surface area contributed by atoms with Crippen molar-refractivity contribution in [2.24, 2.45) is 0 Å². The average molecular weight is 317 g/mol. The van der Waals surface area contributed by atoms with Crippen LogP contribution >= 0.6 is 0 Å². The second-order valence-electron chi connectivity index (χ2n) is 4.62. The number of anilines is 1. The van der Waals surface area contributed by atoms with Crippen molar-refractivity contribution in [3.05, 3.63) is 42.5 Å². The lowest BCUT2D eigenvalue weighted by molar-refractivity contribution is 0.261. The maximum absolute atomic E-state index is 5.68. The second-order valence-corrected chi connectivity index (χ2v) is 4.62. The van der Waals surface area contributed by atoms with E-state index in [4.69, 9.17) is 10.5 Å². The molecular weight excluding hydrogens is 286 g/mol. The number of hydrogen-bond acceptors (Lipinski definition) is 4. The number of likely N-dealkylation sites (N-methyl/N-ethyl adjacent to an activating group) is 1. The summed E-state index contributed by atoms with van der Waals surface area (Å²) >= 11 is 0. The Morgan fingerprint density at radius 1 is 0.957 bits per heavy atom. The molecule has 0 unspecified atom stereocenters. The molecule has 2 rings (SSSR count). The van der Waals surface area contributed by atoms with Gasteiger partial charge in [-0.15, -0.1) is 0 Å². The molecule has 2 aromatic rings. The SMILES string of the molecule is CC.CC.CN(C)CCOc1ccc(-c2cccc(N)n2)cc1. The smallest absolute Gasteiger partial charge is 0.124 e. The molecule has 1 heterocycles. The lowest BCUT2D eigenvalue weighted by Gasteiger charge is -2.11. The Kier molecular flexibility index (Phi) is 11.3. The molecule has 0 aliphatic carbocycles. The lowest BCUT2D eigenvalue weighted by atomic mass is 10.1. The van der Waals surface area contributed by atoms with Gasteiger partial charge < -0.3 is 15.4 Å². The maximum atomic E-state index is 5.68. The second kappa shape index (κ2) is 12.5. The first-order valence-corrected chi connectivity index (χ1v) is 8.25. The predicted octanol–water partition coefficient (Wildman–Crippen LogP) is 4.32. The van der Waals surface area contributed by atoms with Crippen LogP contribution in [-0.2, 0) is 0 Å². The van der Waals surface area contributed by atoms with E-state index in [1.54, 1.807) is 6.07 Å². The summed E-state index contributed by atoms with van der Waals surface area (Å²) in [6, 6.07) is 13.5. The van der Waals surface area contributed by atoms with Crippen molar-refractivity contribution in [1.29, 1.82) is 0 Å². The van der Waals surface area contributed by atoms with Crippen LogP contribution in [-0.4, -0.2) is 37.1 Å². The van der Waals surface area contributed by atoms with Crippen molar-refractivity contribution >= 4 is 5.82 Å². The van der Waals surface area contributed by atoms with E-state index in [-0.39, 0.29) is 0 Å². The van der Waals surface area contributed by atoms with Gasteiger partial charge in [0.2, 0.25) is 0 Å². The highest BCUT2D eigenvalue weighted by Gasteiger charge is 2.01. The maximum Gasteiger partial charge on any atom is 0.124 e. The Hall–Kier alpha value is -2.07. The summed E-state index contributed by atoms with van der Waals surface area (Å²) in [5.41, 5.74) is 7.59. The fourth-order valence-corrected chi connectivity index (χ4v) is 1.68. The van der Waals surface area contributed by atoms with Crippen LogP contribution in [0.2, 0.25) is 0 Å². The number of nitrogens with zero attached hydrogens (tertiary/aromatic N) is 2. The van der Waals surface area contributed by atoms with Gasteiger partial charge in [-0.25, -0.2) is 4.98 Å². The summed E-state index contributed by atoms with van der Waals surface area (Å²) < 4.78 is 5.64. The van der Waals surface area contributed by atoms with Gasteiger partial charge in [0.1, 0.15) is 18.2 Å². The van der Waals surface area contributed by atoms with Crippen LogP contribution in [0.15, 0.2) is 42.5 Å². The van der Waals surface area contributed by atoms with Crippen LogP contribution in [0.3, 0.4) is 0 Å². The van der Waals surface area contributed by atoms with Crippen LogP contribution in [0.4, 0.5) is 5.82 Å². The summed E-state index contributed by atoms with van der Waals surface area (Å²) in [6.07, 6.45) is 0. The molecule has 0 radical (unpaired) electrons. The Morgan fingerprint density at radius 2 is 1.57 bits per heavy atom. The van der Waals surface area contributed by atoms with Crippen molar-refractivity contribution in [2.75, 3.05) is 33.0 Å². The van der Waals surface area contributed by atoms with E-state index in [1.165, 1.54) is 0 Å². The van der Waals surface area contributed by atoms with Crippen LogP contribution in [0.25, 0.3) is 11.3 Å². The normalized spacial score (nSPS) is 9.35. The molecular formula is C19H31N3O. The van der Waals surface area contributed by atoms with Gasteiger partial charge in [-0.3, -0.25) is 0 Å². The number of pyridine rings is 1. The highest BCUT2D eigenvalue weighted by molar-refractivity contribution is 5.61. The van der Waals surface area contributed by atoms with Gasteiger partial charge in [0, 0.05) is 12.1 Å². The van der Waals surface area contributed by atoms with E-state index in [2.05, 4.69) is 9.88 Å². The van der Waals surface area contributed by atoms with E-state index in [0.717, 1.165) is 23.6 Å². The molecule has 0 saturated heterocycles. The fraction of sp³-hybridized carbons (Fsp3) is 0.421. The first-order chi connectivity index (χ1) is 11.1. The van der Waals surface area contributed by atoms with Crippen molar-refractivity contribution in [1.82, 2.24) is 9.88 Å². The summed E-state index contributed by atoms with van der Waals surface area (Å²) in [7, 11) is 4.05. The number of hydrogen-bond donors (Lipinski definition) is 1. The van der Waals surface area contributed by atoms with Gasteiger partial charge in [-0.05, 0) is 50.5 Å². The molecule has 23 heavy (non-hydrogen) atoms. The molecule has 0 bridgehead atoms. The van der Waals surface area contributed by atoms with Gasteiger partial charge in [0.15, 0.2) is 0 Å². The predicted molar refractivity (Wildman–Crippen MR) is 101 cm³/mol. The van der Waals surface area contributed by atoms with Crippen molar-refractivity contribution in [3.8, 4) is 17.0 Å². The largest absolute Gasteiger partial charge is 0.492 e. The minimum Gasteiger partial charge on any atom is -0.492 e. The summed E-state index contributed by atoms with van der Waals surface area (Å²) in [5, 5.41) is 0. The highest BCUT2D eigenvalue weighted by atomic mass is 16.5. The molecule has 0 aliphatic heterocycles. The first kappa shape index (κ1) is 20.9. The molecule has 0 fully saturated rings. The number of benzene rings is 1. The quantitative estimate of drug-likeness (QED) is 0.892. The molecule has 0 aliphatic rings. The van der Waals surface area contributed by atoms with Gasteiger partial charge in [-0.1, -0.05) is 33.8 Å². The highest BCUT2D eigenvalue weighted by Crippen LogP contribution is 2.21. The Bertz CT molecular complexity index is 524. The summed E-state index contributed by atoms with van der Waals surface area (Å²) in [5.74, 6) is 1.40. The van der Waals surface area contributed by atoms with Crippen molar-refractivity contribution < 1.29 is 4.74 Å². The van der Waals surface area contributed by atoms with E-state index in [9.17, 15) is 0 Å². The number of nitrogens with two attached hydrogens (primary N) is 1. The van der Waals surface area contributed by atoms with E-state index in [0.29, 0.717) is 12.4 Å². The standard InChI is InChI=1S/C15H19N3O.2C2H6/c1-18(2)10-11-19-13-8-6-12(7-9-13)14-4-3-5-15(16)17-14;2*1-2/h3-9H,10-11H2,1-2H3,(H2,16,17);2*1-2H3. The average Bonchev–Trinajstić information content (AvgIpc) is 2.59. The molecule has 0 atom stereocenters. The van der Waals surface area contributed by atoms with Crippen LogP contribution in [0.5, 0.6) is 5.75 Å². The number of ether oxygens (including phenoxy) is 1. The minimum atomic E-state index is 0.531. The molecule has 0 spiro atoms. The zero-order valence-electron chi connectivity index (χ0n) is 15.3. The number of rotatable bonds is 5. The fourth-order valence-electron chi connectivity index (χ4n) is 1.68. The Morgan fingerprint density at radius 3 is 2.09 bits per heavy atom. The summed E-state index contributed by atoms with van der Waals surface area (Å²) in [6.45, 7) is 9.58. The minimum absolute atomic E-state index is 0.531. The van der Waals surface area contributed by atoms with Gasteiger partial charge in [-0.2, -0.15) is 0 Å². The van der Waals surface area contributed by atoms with Crippen LogP contribution < -0.4 is 10.5 Å². The van der Waals surface area contributed by atoms with Gasteiger partial charge >= 0.3 is 0 Å². The Balaban J connectivity index is 0.00000112. The van der Waals surface area contributed by atoms with Crippen LogP contribution in [0, 0.1) is 0 Å². The molecule has 2 N–H and O–H groups in total. The molecule has 0 saturated carbocycles. The van der Waals surface area contributed by atoms with Gasteiger partial charge in [0.25, 0.3) is 0 Å². The molecule has 0 amide bonds. The van der Waals surface area contributed by atoms with Gasteiger partial charge in [0.05, 0.1) is 5.69 Å². The van der Waals surface area contributed by atoms with E-state index in [1.807, 2.05) is 78.2 Å². The molecule has 4 nitrogen and oxygen atoms in total. The Labute approximate surface area is 141 Å². The van der Waals surface area contributed by atoms with E-state index < -0.39 is 0 Å². The zero-order chi connectivity index (χ0) is 17.7. The third-order valence-corrected chi connectivity index (χ3v) is 2.73. The first-order valence-electron chi connectivity index (χ1n) is 8.25. The molecule has 128 valence electrons. The molecule has 1 aromatic heterocycles. The monoisotopic (exact) mass is 317 g/mol. The summed E-state index contributed by atoms with van der Waals surface area (Å²) in [4.78, 5) is 6.38. The van der Waals surface area contributed by atoms with E-state index >= 15 is 0 Å². The molecule has 1 aromatic carbocycles. The third-order valence-electron chi connectivity index (χ3n) is 2.73. The third kappa shape index (κ3) is 8.21. The number of aromatic nitrogens is 1. The zero-order valence-corrected chi connectivity index (χ0v) is 15.3. The van der Waals surface area contributed by atoms with Crippen LogP contribution in [0.1, 0.15) is 27.7 Å². The molecule has 4 heteroatoms. The van der Waals surface area contributed by atoms with Crippen molar-refractivity contribution in [2.45, 2.75) is 27.7 Å². The van der Waals surface area contributed by atoms with Crippen molar-refractivity contribution in [3.63, 3.8) is 0 Å².